The summed E-state index contributed by atoms with van der Waals surface area (Å²) in [5.41, 5.74) is 4.59. The van der Waals surface area contributed by atoms with Gasteiger partial charge in [-0.05, 0) is 60.8 Å². The molecule has 2 amide bonds. The van der Waals surface area contributed by atoms with Gasteiger partial charge < -0.3 is 14.4 Å². The van der Waals surface area contributed by atoms with Gasteiger partial charge in [0.2, 0.25) is 0 Å². The van der Waals surface area contributed by atoms with Gasteiger partial charge in [-0.15, -0.1) is 0 Å². The zero-order chi connectivity index (χ0) is 18.3. The van der Waals surface area contributed by atoms with E-state index in [-0.39, 0.29) is 18.2 Å². The number of ether oxygens (including phenoxy) is 2. The van der Waals surface area contributed by atoms with Crippen LogP contribution in [0.5, 0.6) is 0 Å². The molecule has 7 nitrogen and oxygen atoms in total. The minimum atomic E-state index is -0.530. The van der Waals surface area contributed by atoms with Crippen LogP contribution in [0.2, 0.25) is 0 Å². The van der Waals surface area contributed by atoms with E-state index in [4.69, 9.17) is 9.47 Å². The van der Waals surface area contributed by atoms with Crippen LogP contribution in [0.15, 0.2) is 0 Å². The smallest absolute Gasteiger partial charge is 0.422 e. The lowest BCUT2D eigenvalue weighted by atomic mass is 9.70. The van der Waals surface area contributed by atoms with Gasteiger partial charge in [-0.2, -0.15) is 0 Å². The minimum absolute atomic E-state index is 0.0497. The van der Waals surface area contributed by atoms with Crippen molar-refractivity contribution in [3.63, 3.8) is 0 Å². The van der Waals surface area contributed by atoms with Gasteiger partial charge in [-0.3, -0.25) is 5.43 Å². The molecule has 0 aromatic carbocycles. The molecule has 7 heteroatoms. The van der Waals surface area contributed by atoms with Gasteiger partial charge in [0.05, 0.1) is 0 Å². The van der Waals surface area contributed by atoms with E-state index in [0.717, 1.165) is 13.0 Å². The molecule has 3 fully saturated rings. The highest BCUT2D eigenvalue weighted by molar-refractivity contribution is 5.70. The number of fused-ring (bicyclic) bond motifs is 1. The Morgan fingerprint density at radius 2 is 1.67 bits per heavy atom. The fraction of sp³-hybridized carbons (Fsp3) is 0.882. The van der Waals surface area contributed by atoms with E-state index in [2.05, 4.69) is 10.9 Å². The third kappa shape index (κ3) is 4.53. The molecule has 2 aliphatic heterocycles. The van der Waals surface area contributed by atoms with Crippen molar-refractivity contribution < 1.29 is 19.1 Å². The normalized spacial score (nSPS) is 27.3. The van der Waals surface area contributed by atoms with E-state index >= 15 is 0 Å². The predicted octanol–water partition coefficient (Wildman–Crippen LogP) is 2.66. The van der Waals surface area contributed by atoms with Crippen LogP contribution in [0.3, 0.4) is 0 Å². The number of hydrazine groups is 1. The summed E-state index contributed by atoms with van der Waals surface area (Å²) in [6.07, 6.45) is 0.261. The molecule has 0 radical (unpaired) electrons. The monoisotopic (exact) mass is 341 g/mol. The first-order valence-corrected chi connectivity index (χ1v) is 8.61. The van der Waals surface area contributed by atoms with Crippen LogP contribution < -0.4 is 10.9 Å². The number of carbonyl (C=O) groups is 2. The Labute approximate surface area is 144 Å². The zero-order valence-corrected chi connectivity index (χ0v) is 15.8. The molecule has 2 bridgehead atoms. The van der Waals surface area contributed by atoms with Crippen LogP contribution in [-0.2, 0) is 9.47 Å². The molecule has 24 heavy (non-hydrogen) atoms. The number of nitrogens with zero attached hydrogens (tertiary/aromatic N) is 1. The standard InChI is InChI=1S/C17H31N3O4/c1-10(18-19-14(21)23-16(2,3)4)13-11-8-12(13)20(9-11)15(22)24-17(5,6)7/h10-13,18H,8-9H2,1-7H3,(H,19,21). The Kier molecular flexibility index (Phi) is 5.04. The summed E-state index contributed by atoms with van der Waals surface area (Å²) >= 11 is 0. The average molecular weight is 341 g/mol. The van der Waals surface area contributed by atoms with E-state index in [1.165, 1.54) is 0 Å². The van der Waals surface area contributed by atoms with Gasteiger partial charge in [0.1, 0.15) is 11.2 Å². The van der Waals surface area contributed by atoms with Gasteiger partial charge >= 0.3 is 12.2 Å². The quantitative estimate of drug-likeness (QED) is 0.772. The predicted molar refractivity (Wildman–Crippen MR) is 90.3 cm³/mol. The Bertz CT molecular complexity index is 495. The number of amides is 2. The van der Waals surface area contributed by atoms with E-state index < -0.39 is 17.3 Å². The van der Waals surface area contributed by atoms with Crippen molar-refractivity contribution in [3.05, 3.63) is 0 Å². The maximum atomic E-state index is 12.3. The fourth-order valence-corrected chi connectivity index (χ4v) is 3.51. The summed E-state index contributed by atoms with van der Waals surface area (Å²) < 4.78 is 10.7. The summed E-state index contributed by atoms with van der Waals surface area (Å²) in [5, 5.41) is 0. The summed E-state index contributed by atoms with van der Waals surface area (Å²) in [4.78, 5) is 25.8. The van der Waals surface area contributed by atoms with Gasteiger partial charge in [0.25, 0.3) is 0 Å². The molecule has 0 spiro atoms. The fourth-order valence-electron chi connectivity index (χ4n) is 3.51. The number of nitrogens with one attached hydrogen (secondary N) is 2. The SMILES string of the molecule is CC(NNC(=O)OC(C)(C)C)C1C2CC1N(C(=O)OC(C)(C)C)C2. The lowest BCUT2D eigenvalue weighted by molar-refractivity contribution is 0.0165. The Balaban J connectivity index is 1.82. The van der Waals surface area contributed by atoms with E-state index in [1.54, 1.807) is 0 Å². The Morgan fingerprint density at radius 1 is 1.08 bits per heavy atom. The average Bonchev–Trinajstić information content (AvgIpc) is 2.90. The molecule has 0 aromatic heterocycles. The molecule has 2 saturated heterocycles. The molecule has 138 valence electrons. The number of hydrogen-bond acceptors (Lipinski definition) is 5. The summed E-state index contributed by atoms with van der Waals surface area (Å²) in [7, 11) is 0. The van der Waals surface area contributed by atoms with Gasteiger partial charge in [-0.1, -0.05) is 0 Å². The molecule has 4 unspecified atom stereocenters. The first-order valence-electron chi connectivity index (χ1n) is 8.61. The van der Waals surface area contributed by atoms with Gasteiger partial charge in [-0.25, -0.2) is 15.0 Å². The lowest BCUT2D eigenvalue weighted by Crippen LogP contribution is -2.55. The molecule has 1 aliphatic carbocycles. The Morgan fingerprint density at radius 3 is 2.21 bits per heavy atom. The molecule has 2 heterocycles. The summed E-state index contributed by atoms with van der Waals surface area (Å²) in [6, 6.07) is 0.224. The first-order chi connectivity index (χ1) is 10.9. The zero-order valence-electron chi connectivity index (χ0n) is 15.8. The third-order valence-corrected chi connectivity index (χ3v) is 4.37. The third-order valence-electron chi connectivity index (χ3n) is 4.37. The lowest BCUT2D eigenvalue weighted by Gasteiger charge is -2.40. The largest absolute Gasteiger partial charge is 0.444 e. The highest BCUT2D eigenvalue weighted by Crippen LogP contribution is 2.48. The molecule has 3 aliphatic rings. The summed E-state index contributed by atoms with van der Waals surface area (Å²) in [5.74, 6) is 0.762. The molecular formula is C17H31N3O4. The van der Waals surface area contributed by atoms with Gasteiger partial charge in [0.15, 0.2) is 0 Å². The highest BCUT2D eigenvalue weighted by Gasteiger charge is 2.56. The molecule has 3 rings (SSSR count). The van der Waals surface area contributed by atoms with Crippen molar-refractivity contribution in [2.75, 3.05) is 6.54 Å². The van der Waals surface area contributed by atoms with E-state index in [1.807, 2.05) is 53.4 Å². The van der Waals surface area contributed by atoms with Crippen molar-refractivity contribution in [1.82, 2.24) is 15.8 Å². The van der Waals surface area contributed by atoms with Crippen molar-refractivity contribution in [3.8, 4) is 0 Å². The van der Waals surface area contributed by atoms with E-state index in [0.29, 0.717) is 11.8 Å². The summed E-state index contributed by atoms with van der Waals surface area (Å²) in [6.45, 7) is 13.8. The van der Waals surface area contributed by atoms with Gasteiger partial charge in [0, 0.05) is 24.5 Å². The second-order valence-electron chi connectivity index (χ2n) is 8.83. The maximum Gasteiger partial charge on any atom is 0.422 e. The van der Waals surface area contributed by atoms with Crippen LogP contribution >= 0.6 is 0 Å². The Hall–Kier alpha value is -1.50. The van der Waals surface area contributed by atoms with Crippen LogP contribution in [-0.4, -0.2) is 46.9 Å². The first kappa shape index (κ1) is 18.8. The molecule has 1 saturated carbocycles. The molecular weight excluding hydrogens is 310 g/mol. The van der Waals surface area contributed by atoms with Crippen molar-refractivity contribution in [1.29, 1.82) is 0 Å². The van der Waals surface area contributed by atoms with Crippen LogP contribution in [0.4, 0.5) is 9.59 Å². The second kappa shape index (κ2) is 6.43. The number of rotatable bonds is 3. The second-order valence-corrected chi connectivity index (χ2v) is 8.83. The van der Waals surface area contributed by atoms with Crippen LogP contribution in [0, 0.1) is 11.8 Å². The van der Waals surface area contributed by atoms with Crippen molar-refractivity contribution >= 4 is 12.2 Å². The number of carbonyl (C=O) groups excluding carboxylic acids is 2. The highest BCUT2D eigenvalue weighted by atomic mass is 16.6. The molecule has 4 atom stereocenters. The van der Waals surface area contributed by atoms with Crippen molar-refractivity contribution in [2.24, 2.45) is 11.8 Å². The van der Waals surface area contributed by atoms with Crippen molar-refractivity contribution in [2.45, 2.75) is 78.2 Å². The molecule has 2 N–H and O–H groups in total. The topological polar surface area (TPSA) is 79.9 Å². The van der Waals surface area contributed by atoms with Crippen LogP contribution in [0.25, 0.3) is 0 Å². The molecule has 0 aromatic rings. The maximum absolute atomic E-state index is 12.3. The number of hydrogen-bond donors (Lipinski definition) is 2. The minimum Gasteiger partial charge on any atom is -0.444 e. The van der Waals surface area contributed by atoms with E-state index in [9.17, 15) is 9.59 Å². The van der Waals surface area contributed by atoms with Crippen LogP contribution in [0.1, 0.15) is 54.9 Å².